The average molecular weight is 170 g/mol. The monoisotopic (exact) mass is 170 g/mol. The van der Waals surface area contributed by atoms with Crippen LogP contribution in [0.5, 0.6) is 0 Å². The van der Waals surface area contributed by atoms with Crippen molar-refractivity contribution in [3.8, 4) is 0 Å². The van der Waals surface area contributed by atoms with Gasteiger partial charge in [0.2, 0.25) is 0 Å². The highest BCUT2D eigenvalue weighted by molar-refractivity contribution is 4.88. The summed E-state index contributed by atoms with van der Waals surface area (Å²) in [4.78, 5) is 0. The van der Waals surface area contributed by atoms with Gasteiger partial charge in [0.25, 0.3) is 0 Å². The summed E-state index contributed by atoms with van der Waals surface area (Å²) >= 11 is 0. The van der Waals surface area contributed by atoms with Gasteiger partial charge in [0, 0.05) is 0 Å². The Bertz CT molecular complexity index is 77.8. The van der Waals surface area contributed by atoms with Crippen molar-refractivity contribution < 1.29 is 0 Å². The Morgan fingerprint density at radius 2 is 1.08 bits per heavy atom. The van der Waals surface area contributed by atoms with Gasteiger partial charge in [-0.05, 0) is 25.9 Å². The maximum atomic E-state index is 5.28. The van der Waals surface area contributed by atoms with E-state index >= 15 is 0 Å². The van der Waals surface area contributed by atoms with E-state index in [0.29, 0.717) is 0 Å². The second kappa shape index (κ2) is 16.8. The highest BCUT2D eigenvalue weighted by Gasteiger charge is 1.83. The van der Waals surface area contributed by atoms with E-state index < -0.39 is 0 Å². The number of rotatable bonds is 6. The van der Waals surface area contributed by atoms with Crippen molar-refractivity contribution in [3.63, 3.8) is 0 Å². The molecule has 0 spiro atoms. The molecular weight excluding hydrogens is 148 g/mol. The molecule has 4 N–H and O–H groups in total. The second-order valence-electron chi connectivity index (χ2n) is 2.46. The van der Waals surface area contributed by atoms with E-state index in [2.05, 4.69) is 13.2 Å². The van der Waals surface area contributed by atoms with Gasteiger partial charge in [-0.2, -0.15) is 0 Å². The SMILES string of the molecule is C=CC=C.NCCCCCCN. The van der Waals surface area contributed by atoms with Crippen molar-refractivity contribution in [2.45, 2.75) is 25.7 Å². The summed E-state index contributed by atoms with van der Waals surface area (Å²) in [5.41, 5.74) is 10.6. The van der Waals surface area contributed by atoms with Gasteiger partial charge in [0.15, 0.2) is 0 Å². The molecule has 0 heterocycles. The van der Waals surface area contributed by atoms with Gasteiger partial charge in [-0.3, -0.25) is 0 Å². The first-order valence-corrected chi connectivity index (χ1v) is 4.47. The number of hydrogen-bond donors (Lipinski definition) is 2. The lowest BCUT2D eigenvalue weighted by Gasteiger charge is -1.94. The summed E-state index contributed by atoms with van der Waals surface area (Å²) in [6.45, 7) is 8.37. The van der Waals surface area contributed by atoms with Gasteiger partial charge in [0.05, 0.1) is 0 Å². The highest BCUT2D eigenvalue weighted by Crippen LogP contribution is 1.95. The van der Waals surface area contributed by atoms with Crippen LogP contribution in [-0.2, 0) is 0 Å². The minimum Gasteiger partial charge on any atom is -0.330 e. The lowest BCUT2D eigenvalue weighted by Crippen LogP contribution is -2.00. The fourth-order valence-electron chi connectivity index (χ4n) is 0.642. The molecule has 0 aliphatic rings. The largest absolute Gasteiger partial charge is 0.330 e. The molecule has 12 heavy (non-hydrogen) atoms. The van der Waals surface area contributed by atoms with E-state index in [9.17, 15) is 0 Å². The molecule has 0 bridgehead atoms. The predicted octanol–water partition coefficient (Wildman–Crippen LogP) is 1.82. The normalized spacial score (nSPS) is 8.17. The minimum atomic E-state index is 0.824. The number of hydrogen-bond acceptors (Lipinski definition) is 2. The topological polar surface area (TPSA) is 52.0 Å². The standard InChI is InChI=1S/C6H16N2.C4H6/c7-5-3-1-2-4-6-8;1-3-4-2/h1-8H2;3-4H,1-2H2. The lowest BCUT2D eigenvalue weighted by atomic mass is 10.2. The molecule has 0 aromatic heterocycles. The van der Waals surface area contributed by atoms with E-state index in [4.69, 9.17) is 11.5 Å². The molecule has 0 atom stereocenters. The number of unbranched alkanes of at least 4 members (excludes halogenated alkanes) is 3. The third-order valence-electron chi connectivity index (χ3n) is 1.32. The molecule has 0 aliphatic heterocycles. The summed E-state index contributed by atoms with van der Waals surface area (Å²) in [5, 5.41) is 0. The van der Waals surface area contributed by atoms with Gasteiger partial charge in [0.1, 0.15) is 0 Å². The van der Waals surface area contributed by atoms with Crippen LogP contribution >= 0.6 is 0 Å². The minimum absolute atomic E-state index is 0.824. The predicted molar refractivity (Wildman–Crippen MR) is 57.0 cm³/mol. The molecule has 0 unspecified atom stereocenters. The van der Waals surface area contributed by atoms with Gasteiger partial charge < -0.3 is 11.5 Å². The molecule has 72 valence electrons. The second-order valence-corrected chi connectivity index (χ2v) is 2.46. The first-order valence-electron chi connectivity index (χ1n) is 4.47. The average Bonchev–Trinajstić information content (AvgIpc) is 2.13. The Kier molecular flexibility index (Phi) is 19.5. The smallest absolute Gasteiger partial charge is 0.00773 e. The van der Waals surface area contributed by atoms with Crippen LogP contribution in [0.4, 0.5) is 0 Å². The number of allylic oxidation sites excluding steroid dienone is 2. The van der Waals surface area contributed by atoms with Crippen molar-refractivity contribution >= 4 is 0 Å². The molecule has 0 aliphatic carbocycles. The molecule has 0 saturated carbocycles. The summed E-state index contributed by atoms with van der Waals surface area (Å²) < 4.78 is 0. The van der Waals surface area contributed by atoms with Crippen molar-refractivity contribution in [1.82, 2.24) is 0 Å². The van der Waals surface area contributed by atoms with E-state index in [0.717, 1.165) is 25.9 Å². The molecule has 2 nitrogen and oxygen atoms in total. The summed E-state index contributed by atoms with van der Waals surface area (Å²) in [7, 11) is 0. The third kappa shape index (κ3) is 22.7. The molecule has 0 saturated heterocycles. The fourth-order valence-corrected chi connectivity index (χ4v) is 0.642. The molecular formula is C10H22N2. The van der Waals surface area contributed by atoms with Crippen molar-refractivity contribution in [2.75, 3.05) is 13.1 Å². The van der Waals surface area contributed by atoms with Crippen LogP contribution in [0.15, 0.2) is 25.3 Å². The van der Waals surface area contributed by atoms with Gasteiger partial charge in [-0.25, -0.2) is 0 Å². The Morgan fingerprint density at radius 1 is 0.750 bits per heavy atom. The van der Waals surface area contributed by atoms with Crippen molar-refractivity contribution in [1.29, 1.82) is 0 Å². The molecule has 2 heteroatoms. The molecule has 0 fully saturated rings. The van der Waals surface area contributed by atoms with Gasteiger partial charge in [-0.1, -0.05) is 38.2 Å². The van der Waals surface area contributed by atoms with Crippen molar-refractivity contribution in [3.05, 3.63) is 25.3 Å². The van der Waals surface area contributed by atoms with Crippen LogP contribution in [0, 0.1) is 0 Å². The number of nitrogens with two attached hydrogens (primary N) is 2. The zero-order valence-electron chi connectivity index (χ0n) is 7.97. The highest BCUT2D eigenvalue weighted by atomic mass is 14.5. The maximum Gasteiger partial charge on any atom is -0.00773 e. The summed E-state index contributed by atoms with van der Waals surface area (Å²) in [6, 6.07) is 0. The van der Waals surface area contributed by atoms with Crippen LogP contribution in [0.3, 0.4) is 0 Å². The fraction of sp³-hybridized carbons (Fsp3) is 0.600. The van der Waals surface area contributed by atoms with Crippen molar-refractivity contribution in [2.24, 2.45) is 11.5 Å². The third-order valence-corrected chi connectivity index (χ3v) is 1.32. The Hall–Kier alpha value is -0.600. The van der Waals surface area contributed by atoms with Crippen LogP contribution in [0.1, 0.15) is 25.7 Å². The first kappa shape index (κ1) is 14.0. The molecule has 0 amide bonds. The van der Waals surface area contributed by atoms with E-state index in [1.54, 1.807) is 12.2 Å². The maximum absolute atomic E-state index is 5.28. The molecule has 0 aromatic carbocycles. The van der Waals surface area contributed by atoms with Crippen LogP contribution < -0.4 is 11.5 Å². The quantitative estimate of drug-likeness (QED) is 0.472. The van der Waals surface area contributed by atoms with Crippen LogP contribution in [-0.4, -0.2) is 13.1 Å². The van der Waals surface area contributed by atoms with Crippen LogP contribution in [0.25, 0.3) is 0 Å². The molecule has 0 rings (SSSR count). The van der Waals surface area contributed by atoms with E-state index in [-0.39, 0.29) is 0 Å². The zero-order valence-corrected chi connectivity index (χ0v) is 7.97. The molecule has 0 aromatic rings. The first-order chi connectivity index (χ1) is 5.83. The van der Waals surface area contributed by atoms with E-state index in [1.165, 1.54) is 12.8 Å². The van der Waals surface area contributed by atoms with Gasteiger partial charge in [-0.15, -0.1) is 0 Å². The summed E-state index contributed by atoms with van der Waals surface area (Å²) in [6.07, 6.45) is 8.07. The van der Waals surface area contributed by atoms with Gasteiger partial charge >= 0.3 is 0 Å². The molecule has 0 radical (unpaired) electrons. The zero-order chi connectivity index (χ0) is 9.66. The Labute approximate surface area is 76.3 Å². The van der Waals surface area contributed by atoms with E-state index in [1.807, 2.05) is 0 Å². The Morgan fingerprint density at radius 3 is 1.25 bits per heavy atom. The Balaban J connectivity index is 0. The van der Waals surface area contributed by atoms with Crippen LogP contribution in [0.2, 0.25) is 0 Å². The lowest BCUT2D eigenvalue weighted by molar-refractivity contribution is 0.653. The summed E-state index contributed by atoms with van der Waals surface area (Å²) in [5.74, 6) is 0.